The van der Waals surface area contributed by atoms with Crippen LogP contribution in [0.3, 0.4) is 0 Å². The Bertz CT molecular complexity index is 684. The summed E-state index contributed by atoms with van der Waals surface area (Å²) in [6.45, 7) is 5.38. The van der Waals surface area contributed by atoms with Crippen molar-refractivity contribution >= 4 is 33.5 Å². The van der Waals surface area contributed by atoms with Gasteiger partial charge in [0.1, 0.15) is 11.4 Å². The number of rotatable bonds is 3. The minimum absolute atomic E-state index is 0.325. The van der Waals surface area contributed by atoms with Gasteiger partial charge in [-0.1, -0.05) is 0 Å². The van der Waals surface area contributed by atoms with Crippen molar-refractivity contribution in [3.05, 3.63) is 16.3 Å². The molecule has 0 saturated carbocycles. The lowest BCUT2D eigenvalue weighted by Crippen LogP contribution is -2.25. The number of nitrogens with zero attached hydrogens (tertiary/aromatic N) is 3. The van der Waals surface area contributed by atoms with Crippen molar-refractivity contribution < 1.29 is 9.53 Å². The van der Waals surface area contributed by atoms with Gasteiger partial charge >= 0.3 is 6.09 Å². The van der Waals surface area contributed by atoms with Gasteiger partial charge in [-0.3, -0.25) is 4.90 Å². The van der Waals surface area contributed by atoms with Crippen LogP contribution in [-0.2, 0) is 11.3 Å². The van der Waals surface area contributed by atoms with Crippen LogP contribution in [0.15, 0.2) is 0 Å². The molecule has 0 spiro atoms. The van der Waals surface area contributed by atoms with Gasteiger partial charge in [0, 0.05) is 4.88 Å². The molecule has 0 bridgehead atoms. The summed E-state index contributed by atoms with van der Waals surface area (Å²) < 4.78 is 4.90. The third-order valence-corrected chi connectivity index (χ3v) is 4.49. The molecule has 1 aliphatic rings. The summed E-state index contributed by atoms with van der Waals surface area (Å²) in [5.74, 6) is 6.71. The molecule has 106 valence electrons. The molecule has 3 heterocycles. The number of nitrogens with two attached hydrogens (primary N) is 1. The molecular weight excluding hydrogens is 278 g/mol. The number of nitrogen functional groups attached to an aromatic ring is 1. The number of anilines is 1. The highest BCUT2D eigenvalue weighted by Crippen LogP contribution is 2.33. The molecule has 3 rings (SSSR count). The van der Waals surface area contributed by atoms with Gasteiger partial charge in [0.05, 0.1) is 18.5 Å². The number of amides is 1. The molecular formula is C12H15N5O2S. The number of hydrogen-bond acceptors (Lipinski definition) is 7. The largest absolute Gasteiger partial charge is 0.448 e. The highest BCUT2D eigenvalue weighted by Gasteiger charge is 2.24. The van der Waals surface area contributed by atoms with E-state index >= 15 is 0 Å². The normalized spacial score (nSPS) is 14.9. The first-order valence-electron chi connectivity index (χ1n) is 6.25. The van der Waals surface area contributed by atoms with Gasteiger partial charge in [-0.15, -0.1) is 11.3 Å². The summed E-state index contributed by atoms with van der Waals surface area (Å²) in [5.41, 5.74) is 3.75. The second-order valence-corrected chi connectivity index (χ2v) is 5.84. The number of aromatic nitrogens is 2. The van der Waals surface area contributed by atoms with Gasteiger partial charge < -0.3 is 10.2 Å². The van der Waals surface area contributed by atoms with Gasteiger partial charge in [-0.2, -0.15) is 0 Å². The lowest BCUT2D eigenvalue weighted by molar-refractivity contribution is 0.156. The highest BCUT2D eigenvalue weighted by molar-refractivity contribution is 7.18. The van der Waals surface area contributed by atoms with E-state index in [0.717, 1.165) is 15.8 Å². The fourth-order valence-corrected chi connectivity index (χ4v) is 3.26. The number of fused-ring (bicyclic) bond motifs is 1. The predicted molar refractivity (Wildman–Crippen MR) is 76.5 cm³/mol. The maximum absolute atomic E-state index is 11.5. The minimum atomic E-state index is -0.325. The first-order valence-corrected chi connectivity index (χ1v) is 7.06. The van der Waals surface area contributed by atoms with Gasteiger partial charge in [-0.25, -0.2) is 20.6 Å². The van der Waals surface area contributed by atoms with E-state index in [0.29, 0.717) is 31.3 Å². The summed E-state index contributed by atoms with van der Waals surface area (Å²) in [6.07, 6.45) is -0.325. The van der Waals surface area contributed by atoms with Crippen LogP contribution in [0.4, 0.5) is 10.6 Å². The molecule has 0 unspecified atom stereocenters. The summed E-state index contributed by atoms with van der Waals surface area (Å²) in [5, 5.41) is 0.947. The highest BCUT2D eigenvalue weighted by atomic mass is 32.1. The van der Waals surface area contributed by atoms with E-state index < -0.39 is 0 Å². The van der Waals surface area contributed by atoms with E-state index in [4.69, 9.17) is 10.6 Å². The van der Waals surface area contributed by atoms with Crippen molar-refractivity contribution in [3.63, 3.8) is 0 Å². The van der Waals surface area contributed by atoms with Crippen molar-refractivity contribution in [1.82, 2.24) is 14.9 Å². The van der Waals surface area contributed by atoms with E-state index in [1.807, 2.05) is 13.8 Å². The van der Waals surface area contributed by atoms with Crippen LogP contribution in [0, 0.1) is 13.8 Å². The molecule has 0 radical (unpaired) electrons. The summed E-state index contributed by atoms with van der Waals surface area (Å²) >= 11 is 1.60. The molecule has 7 nitrogen and oxygen atoms in total. The molecule has 2 aromatic heterocycles. The Labute approximate surface area is 119 Å². The molecule has 20 heavy (non-hydrogen) atoms. The van der Waals surface area contributed by atoms with E-state index in [1.165, 1.54) is 4.88 Å². The minimum Gasteiger partial charge on any atom is -0.448 e. The van der Waals surface area contributed by atoms with Crippen LogP contribution >= 0.6 is 11.3 Å². The fourth-order valence-electron chi connectivity index (χ4n) is 2.21. The third-order valence-electron chi connectivity index (χ3n) is 3.39. The number of hydrazine groups is 1. The second kappa shape index (κ2) is 4.88. The zero-order valence-corrected chi connectivity index (χ0v) is 12.1. The van der Waals surface area contributed by atoms with Crippen LogP contribution < -0.4 is 11.3 Å². The number of nitrogens with one attached hydrogen (secondary N) is 1. The number of hydrogen-bond donors (Lipinski definition) is 2. The molecule has 1 aliphatic heterocycles. The lowest BCUT2D eigenvalue weighted by Gasteiger charge is -2.12. The van der Waals surface area contributed by atoms with Crippen LogP contribution in [0.5, 0.6) is 0 Å². The van der Waals surface area contributed by atoms with Crippen LogP contribution in [-0.4, -0.2) is 34.1 Å². The molecule has 1 saturated heterocycles. The topological polar surface area (TPSA) is 93.4 Å². The number of ether oxygens (including phenoxy) is 1. The Morgan fingerprint density at radius 3 is 2.90 bits per heavy atom. The van der Waals surface area contributed by atoms with Crippen LogP contribution in [0.2, 0.25) is 0 Å². The van der Waals surface area contributed by atoms with Gasteiger partial charge in [0.15, 0.2) is 11.6 Å². The zero-order chi connectivity index (χ0) is 14.3. The Morgan fingerprint density at radius 2 is 2.25 bits per heavy atom. The van der Waals surface area contributed by atoms with Crippen molar-refractivity contribution in [2.75, 3.05) is 18.6 Å². The van der Waals surface area contributed by atoms with E-state index in [1.54, 1.807) is 16.2 Å². The second-order valence-electron chi connectivity index (χ2n) is 4.63. The van der Waals surface area contributed by atoms with Crippen molar-refractivity contribution in [3.8, 4) is 0 Å². The standard InChI is InChI=1S/C12H15N5O2S/c1-6-7(2)20-11-9(6)10(16-13)14-8(15-11)5-17-3-4-19-12(17)18/h3-5,13H2,1-2H3,(H,14,15,16). The van der Waals surface area contributed by atoms with Crippen molar-refractivity contribution in [2.24, 2.45) is 5.84 Å². The molecule has 1 fully saturated rings. The predicted octanol–water partition coefficient (Wildman–Crippen LogP) is 1.55. The maximum atomic E-state index is 11.5. The summed E-state index contributed by atoms with van der Waals surface area (Å²) in [7, 11) is 0. The molecule has 2 aromatic rings. The quantitative estimate of drug-likeness (QED) is 0.658. The number of carbonyl (C=O) groups is 1. The third kappa shape index (κ3) is 2.06. The van der Waals surface area contributed by atoms with E-state index in [9.17, 15) is 4.79 Å². The fraction of sp³-hybridized carbons (Fsp3) is 0.417. The number of carbonyl (C=O) groups excluding carboxylic acids is 1. The number of aryl methyl sites for hydroxylation is 2. The molecule has 1 amide bonds. The van der Waals surface area contributed by atoms with Gasteiger partial charge in [0.2, 0.25) is 0 Å². The molecule has 8 heteroatoms. The van der Waals surface area contributed by atoms with Crippen LogP contribution in [0.1, 0.15) is 16.3 Å². The zero-order valence-electron chi connectivity index (χ0n) is 11.3. The van der Waals surface area contributed by atoms with E-state index in [2.05, 4.69) is 15.4 Å². The first-order chi connectivity index (χ1) is 9.60. The Morgan fingerprint density at radius 1 is 1.45 bits per heavy atom. The molecule has 0 aromatic carbocycles. The number of thiophene rings is 1. The summed E-state index contributed by atoms with van der Waals surface area (Å²) in [6, 6.07) is 0. The SMILES string of the molecule is Cc1sc2nc(CN3CCOC3=O)nc(NN)c2c1C. The van der Waals surface area contributed by atoms with Gasteiger partial charge in [0.25, 0.3) is 0 Å². The molecule has 3 N–H and O–H groups in total. The van der Waals surface area contributed by atoms with Gasteiger partial charge in [-0.05, 0) is 19.4 Å². The lowest BCUT2D eigenvalue weighted by atomic mass is 10.2. The van der Waals surface area contributed by atoms with Crippen molar-refractivity contribution in [1.29, 1.82) is 0 Å². The Kier molecular flexibility index (Phi) is 3.19. The number of cyclic esters (lactones) is 1. The molecule has 0 atom stereocenters. The smallest absolute Gasteiger partial charge is 0.410 e. The monoisotopic (exact) mass is 293 g/mol. The Balaban J connectivity index is 2.02. The summed E-state index contributed by atoms with van der Waals surface area (Å²) in [4.78, 5) is 24.0. The maximum Gasteiger partial charge on any atom is 0.410 e. The average molecular weight is 293 g/mol. The Hall–Kier alpha value is -1.93. The average Bonchev–Trinajstić information content (AvgIpc) is 2.94. The van der Waals surface area contributed by atoms with Crippen LogP contribution in [0.25, 0.3) is 10.2 Å². The van der Waals surface area contributed by atoms with E-state index in [-0.39, 0.29) is 6.09 Å². The first kappa shape index (κ1) is 13.1. The van der Waals surface area contributed by atoms with Crippen molar-refractivity contribution in [2.45, 2.75) is 20.4 Å². The molecule has 0 aliphatic carbocycles.